The summed E-state index contributed by atoms with van der Waals surface area (Å²) in [7, 11) is 0. The lowest BCUT2D eigenvalue weighted by Gasteiger charge is -2.13. The van der Waals surface area contributed by atoms with Crippen molar-refractivity contribution in [2.75, 3.05) is 11.9 Å². The Morgan fingerprint density at radius 3 is 2.68 bits per heavy atom. The highest BCUT2D eigenvalue weighted by Gasteiger charge is 2.14. The number of hydrogen-bond donors (Lipinski definition) is 3. The monoisotopic (exact) mass is 268 g/mol. The second-order valence-corrected chi connectivity index (χ2v) is 4.21. The maximum atomic E-state index is 13.1. The molecule has 0 saturated heterocycles. The summed E-state index contributed by atoms with van der Waals surface area (Å²) in [5.74, 6) is -2.17. The standard InChI is InChI=1S/C13H17FN2O3/c1-3-15-8(2)6-12(17)16-11-7-9(14)4-5-10(11)13(18)19/h4-5,7-8,15H,3,6H2,1-2H3,(H,16,17)(H,18,19). The molecule has 0 heterocycles. The average Bonchev–Trinajstić information content (AvgIpc) is 2.28. The van der Waals surface area contributed by atoms with Gasteiger partial charge in [-0.3, -0.25) is 4.79 Å². The minimum absolute atomic E-state index is 0.0267. The van der Waals surface area contributed by atoms with Gasteiger partial charge in [-0.05, 0) is 31.7 Å². The third-order valence-corrected chi connectivity index (χ3v) is 2.53. The van der Waals surface area contributed by atoms with Gasteiger partial charge in [-0.1, -0.05) is 6.92 Å². The number of nitrogens with one attached hydrogen (secondary N) is 2. The third kappa shape index (κ3) is 4.67. The van der Waals surface area contributed by atoms with E-state index in [9.17, 15) is 14.0 Å². The summed E-state index contributed by atoms with van der Waals surface area (Å²) in [6, 6.07) is 3.13. The quantitative estimate of drug-likeness (QED) is 0.735. The molecule has 1 amide bonds. The molecular formula is C13H17FN2O3. The predicted octanol–water partition coefficient (Wildman–Crippen LogP) is 1.85. The first-order valence-corrected chi connectivity index (χ1v) is 6.00. The van der Waals surface area contributed by atoms with Crippen LogP contribution in [-0.4, -0.2) is 29.6 Å². The fourth-order valence-electron chi connectivity index (χ4n) is 1.71. The highest BCUT2D eigenvalue weighted by atomic mass is 19.1. The Morgan fingerprint density at radius 1 is 1.42 bits per heavy atom. The molecule has 1 aromatic carbocycles. The molecule has 1 atom stereocenters. The van der Waals surface area contributed by atoms with Crippen molar-refractivity contribution in [2.45, 2.75) is 26.3 Å². The van der Waals surface area contributed by atoms with Gasteiger partial charge >= 0.3 is 5.97 Å². The molecule has 3 N–H and O–H groups in total. The van der Waals surface area contributed by atoms with E-state index in [-0.39, 0.29) is 29.6 Å². The topological polar surface area (TPSA) is 78.4 Å². The molecule has 0 fully saturated rings. The zero-order chi connectivity index (χ0) is 14.4. The zero-order valence-corrected chi connectivity index (χ0v) is 10.9. The van der Waals surface area contributed by atoms with Gasteiger partial charge in [0.1, 0.15) is 5.82 Å². The van der Waals surface area contributed by atoms with E-state index in [4.69, 9.17) is 5.11 Å². The lowest BCUT2D eigenvalue weighted by Crippen LogP contribution is -2.30. The van der Waals surface area contributed by atoms with Crippen LogP contribution < -0.4 is 10.6 Å². The fourth-order valence-corrected chi connectivity index (χ4v) is 1.71. The second kappa shape index (κ2) is 6.84. The Kier molecular flexibility index (Phi) is 5.44. The van der Waals surface area contributed by atoms with Gasteiger partial charge in [-0.15, -0.1) is 0 Å². The summed E-state index contributed by atoms with van der Waals surface area (Å²) in [6.07, 6.45) is 0.184. The fraction of sp³-hybridized carbons (Fsp3) is 0.385. The number of benzene rings is 1. The molecule has 0 aliphatic carbocycles. The van der Waals surface area contributed by atoms with Crippen molar-refractivity contribution < 1.29 is 19.1 Å². The summed E-state index contributed by atoms with van der Waals surface area (Å²) < 4.78 is 13.1. The Hall–Kier alpha value is -1.95. The van der Waals surface area contributed by atoms with Gasteiger partial charge in [0.15, 0.2) is 0 Å². The van der Waals surface area contributed by atoms with Crippen LogP contribution in [0, 0.1) is 5.82 Å². The van der Waals surface area contributed by atoms with Crippen LogP contribution in [0.3, 0.4) is 0 Å². The largest absolute Gasteiger partial charge is 0.478 e. The molecule has 19 heavy (non-hydrogen) atoms. The number of halogens is 1. The van der Waals surface area contributed by atoms with Gasteiger partial charge in [0.25, 0.3) is 0 Å². The Bertz CT molecular complexity index is 477. The van der Waals surface area contributed by atoms with Gasteiger partial charge in [-0.2, -0.15) is 0 Å². The van der Waals surface area contributed by atoms with Crippen LogP contribution in [-0.2, 0) is 4.79 Å². The van der Waals surface area contributed by atoms with Gasteiger partial charge in [0.05, 0.1) is 11.3 Å². The maximum Gasteiger partial charge on any atom is 0.337 e. The van der Waals surface area contributed by atoms with Crippen LogP contribution in [0.25, 0.3) is 0 Å². The summed E-state index contributed by atoms with van der Waals surface area (Å²) in [5.41, 5.74) is -0.160. The molecule has 0 spiro atoms. The van der Waals surface area contributed by atoms with E-state index in [1.807, 2.05) is 13.8 Å². The lowest BCUT2D eigenvalue weighted by molar-refractivity contribution is -0.116. The van der Waals surface area contributed by atoms with Gasteiger partial charge in [0.2, 0.25) is 5.91 Å². The van der Waals surface area contributed by atoms with Crippen LogP contribution in [0.4, 0.5) is 10.1 Å². The molecule has 104 valence electrons. The number of aromatic carboxylic acids is 1. The average molecular weight is 268 g/mol. The minimum Gasteiger partial charge on any atom is -0.478 e. The summed E-state index contributed by atoms with van der Waals surface area (Å²) in [4.78, 5) is 22.7. The van der Waals surface area contributed by atoms with E-state index in [1.165, 1.54) is 0 Å². The first kappa shape index (κ1) is 15.1. The number of carboxylic acid groups (broad SMARTS) is 1. The number of carboxylic acids is 1. The Balaban J connectivity index is 2.78. The smallest absolute Gasteiger partial charge is 0.337 e. The highest BCUT2D eigenvalue weighted by Crippen LogP contribution is 2.17. The predicted molar refractivity (Wildman–Crippen MR) is 69.7 cm³/mol. The molecule has 1 rings (SSSR count). The summed E-state index contributed by atoms with van der Waals surface area (Å²) >= 11 is 0. The van der Waals surface area contributed by atoms with E-state index < -0.39 is 11.8 Å². The lowest BCUT2D eigenvalue weighted by atomic mass is 10.1. The van der Waals surface area contributed by atoms with Crippen molar-refractivity contribution in [3.63, 3.8) is 0 Å². The van der Waals surface area contributed by atoms with Crippen molar-refractivity contribution >= 4 is 17.6 Å². The molecule has 0 aromatic heterocycles. The first-order chi connectivity index (χ1) is 8.93. The maximum absolute atomic E-state index is 13.1. The molecule has 1 unspecified atom stereocenters. The van der Waals surface area contributed by atoms with Crippen molar-refractivity contribution in [1.29, 1.82) is 0 Å². The number of hydrogen-bond acceptors (Lipinski definition) is 3. The summed E-state index contributed by atoms with van der Waals surface area (Å²) in [6.45, 7) is 4.49. The first-order valence-electron chi connectivity index (χ1n) is 6.00. The molecular weight excluding hydrogens is 251 g/mol. The van der Waals surface area contributed by atoms with Gasteiger partial charge < -0.3 is 15.7 Å². The number of anilines is 1. The molecule has 6 heteroatoms. The van der Waals surface area contributed by atoms with E-state index in [2.05, 4.69) is 10.6 Å². The van der Waals surface area contributed by atoms with Crippen LogP contribution in [0.2, 0.25) is 0 Å². The molecule has 0 saturated carbocycles. The van der Waals surface area contributed by atoms with Crippen molar-refractivity contribution in [2.24, 2.45) is 0 Å². The molecule has 0 bridgehead atoms. The van der Waals surface area contributed by atoms with Crippen molar-refractivity contribution in [3.05, 3.63) is 29.6 Å². The second-order valence-electron chi connectivity index (χ2n) is 4.21. The van der Waals surface area contributed by atoms with Crippen LogP contribution in [0.5, 0.6) is 0 Å². The van der Waals surface area contributed by atoms with E-state index in [0.717, 1.165) is 24.7 Å². The molecule has 0 aliphatic rings. The Morgan fingerprint density at radius 2 is 2.11 bits per heavy atom. The zero-order valence-electron chi connectivity index (χ0n) is 10.9. The van der Waals surface area contributed by atoms with Crippen molar-refractivity contribution in [1.82, 2.24) is 5.32 Å². The number of carbonyl (C=O) groups excluding carboxylic acids is 1. The summed E-state index contributed by atoms with van der Waals surface area (Å²) in [5, 5.41) is 14.4. The van der Waals surface area contributed by atoms with Gasteiger partial charge in [0, 0.05) is 12.5 Å². The number of amides is 1. The van der Waals surface area contributed by atoms with Crippen LogP contribution in [0.15, 0.2) is 18.2 Å². The van der Waals surface area contributed by atoms with Crippen LogP contribution >= 0.6 is 0 Å². The molecule has 0 radical (unpaired) electrons. The Labute approximate surface area is 110 Å². The molecule has 5 nitrogen and oxygen atoms in total. The van der Waals surface area contributed by atoms with Crippen molar-refractivity contribution in [3.8, 4) is 0 Å². The normalized spacial score (nSPS) is 11.9. The highest BCUT2D eigenvalue weighted by molar-refractivity contribution is 6.00. The number of carbonyl (C=O) groups is 2. The van der Waals surface area contributed by atoms with E-state index in [0.29, 0.717) is 0 Å². The van der Waals surface area contributed by atoms with Gasteiger partial charge in [-0.25, -0.2) is 9.18 Å². The third-order valence-electron chi connectivity index (χ3n) is 2.53. The van der Waals surface area contributed by atoms with Crippen LogP contribution in [0.1, 0.15) is 30.6 Å². The number of rotatable bonds is 6. The van der Waals surface area contributed by atoms with E-state index in [1.54, 1.807) is 0 Å². The minimum atomic E-state index is -1.21. The van der Waals surface area contributed by atoms with E-state index >= 15 is 0 Å². The molecule has 0 aliphatic heterocycles. The SMILES string of the molecule is CCNC(C)CC(=O)Nc1cc(F)ccc1C(=O)O. The molecule has 1 aromatic rings.